The zero-order chi connectivity index (χ0) is 97.3. The number of carbonyl (C=O) groups is 7. The highest BCUT2D eigenvalue weighted by atomic mass is 32.1. The quantitative estimate of drug-likeness (QED) is 0.0422. The van der Waals surface area contributed by atoms with Gasteiger partial charge in [-0.3, -0.25) is 33.6 Å². The molecule has 136 heavy (non-hydrogen) atoms. The number of nitrogens with zero attached hydrogens (tertiary/aromatic N) is 7. The number of para-hydroxylation sites is 1. The molecule has 0 bridgehead atoms. The molecule has 2 atom stereocenters. The van der Waals surface area contributed by atoms with Crippen LogP contribution in [0.25, 0.3) is 90.1 Å². The van der Waals surface area contributed by atoms with Crippen LogP contribution in [0.3, 0.4) is 0 Å². The first-order valence-electron chi connectivity index (χ1n) is 46.9. The topological polar surface area (TPSA) is 260 Å². The summed E-state index contributed by atoms with van der Waals surface area (Å²) in [5.41, 5.74) is 12.6. The Morgan fingerprint density at radius 3 is 0.985 bits per heavy atom. The van der Waals surface area contributed by atoms with Crippen molar-refractivity contribution in [1.82, 2.24) is 34.3 Å². The van der Waals surface area contributed by atoms with Crippen LogP contribution in [-0.4, -0.2) is 167 Å². The second-order valence-electron chi connectivity index (χ2n) is 31.8. The van der Waals surface area contributed by atoms with Gasteiger partial charge in [-0.1, -0.05) is 145 Å². The number of carbonyl (C=O) groups excluding carboxylic acids is 7. The number of hydrogen-bond donors (Lipinski definition) is 0. The van der Waals surface area contributed by atoms with Crippen molar-refractivity contribution in [2.24, 2.45) is 0 Å². The largest absolute Gasteiger partial charge is 0.468 e. The summed E-state index contributed by atoms with van der Waals surface area (Å²) in [5.74, 6) is 6.55. The Morgan fingerprint density at radius 1 is 0.272 bits per heavy atom. The van der Waals surface area contributed by atoms with Gasteiger partial charge in [-0.05, 0) is 224 Å². The van der Waals surface area contributed by atoms with Crippen molar-refractivity contribution >= 4 is 74.4 Å². The normalized spacial score (nSPS) is 12.1. The van der Waals surface area contributed by atoms with Gasteiger partial charge in [-0.25, -0.2) is 0 Å². The van der Waals surface area contributed by atoms with Gasteiger partial charge < -0.3 is 74.1 Å². The summed E-state index contributed by atoms with van der Waals surface area (Å²) < 4.78 is 49.6. The first-order valence-corrected chi connectivity index (χ1v) is 47.9. The zero-order valence-electron chi connectivity index (χ0n) is 80.8. The molecule has 1 saturated carbocycles. The maximum Gasteiger partial charge on any atom is 0.257 e. The van der Waals surface area contributed by atoms with E-state index in [0.717, 1.165) is 69.4 Å². The number of furan rings is 9. The molecule has 10 heterocycles. The summed E-state index contributed by atoms with van der Waals surface area (Å²) in [6, 6.07) is 68.0. The van der Waals surface area contributed by atoms with E-state index in [4.69, 9.17) is 39.8 Å². The van der Waals surface area contributed by atoms with E-state index in [1.165, 1.54) is 34.6 Å². The van der Waals surface area contributed by atoms with Gasteiger partial charge in [-0.15, -0.1) is 0 Å². The lowest BCUT2D eigenvalue weighted by molar-refractivity contribution is 0.0763. The predicted molar refractivity (Wildman–Crippen MR) is 538 cm³/mol. The van der Waals surface area contributed by atoms with Crippen LogP contribution in [0.4, 0.5) is 0 Å². The first kappa shape index (κ1) is 102. The second-order valence-corrected chi connectivity index (χ2v) is 32.6. The lowest BCUT2D eigenvalue weighted by atomic mass is 10.0. The predicted octanol–water partition coefficient (Wildman–Crippen LogP) is 26.8. The van der Waals surface area contributed by atoms with E-state index in [1.807, 2.05) is 242 Å². The molecule has 1 aliphatic rings. The molecule has 24 heteroatoms. The number of aryl methyl sites for hydroxylation is 2. The molecule has 0 N–H and O–H groups in total. The lowest BCUT2D eigenvalue weighted by Gasteiger charge is -2.18. The van der Waals surface area contributed by atoms with Crippen molar-refractivity contribution in [3.63, 3.8) is 0 Å². The van der Waals surface area contributed by atoms with Crippen LogP contribution in [-0.2, 0) is 0 Å². The summed E-state index contributed by atoms with van der Waals surface area (Å²) in [6.45, 7) is 41.5. The summed E-state index contributed by atoms with van der Waals surface area (Å²) in [4.78, 5) is 99.4. The molecule has 16 aromatic rings. The minimum absolute atomic E-state index is 0.0157. The van der Waals surface area contributed by atoms with Crippen LogP contribution in [0.2, 0.25) is 0 Å². The van der Waals surface area contributed by atoms with E-state index in [-0.39, 0.29) is 41.4 Å². The maximum atomic E-state index is 12.6. The third-order valence-corrected chi connectivity index (χ3v) is 24.5. The van der Waals surface area contributed by atoms with Crippen molar-refractivity contribution in [3.8, 4) is 68.3 Å². The smallest absolute Gasteiger partial charge is 0.257 e. The molecule has 17 rings (SSSR count). The van der Waals surface area contributed by atoms with E-state index >= 15 is 0 Å². The Morgan fingerprint density at radius 2 is 0.603 bits per heavy atom. The van der Waals surface area contributed by atoms with Gasteiger partial charge in [0.1, 0.15) is 34.4 Å². The molecular formula is C112H125N7O16S. The van der Waals surface area contributed by atoms with Crippen LogP contribution in [0.1, 0.15) is 210 Å². The van der Waals surface area contributed by atoms with Crippen molar-refractivity contribution < 1.29 is 73.3 Å². The van der Waals surface area contributed by atoms with Crippen LogP contribution in [0.5, 0.6) is 0 Å². The molecule has 6 aromatic carbocycles. The minimum Gasteiger partial charge on any atom is -0.468 e. The van der Waals surface area contributed by atoms with Gasteiger partial charge in [0, 0.05) is 131 Å². The SMILES string of the molecule is CCN(CC)C(=O)c1ccoc1-c1cc2ccccc2o1.CCN(CC)C(=O)c1ccoc1-c1ccc(C)cc1.CCN(CC)C(=O)c1ccoc1-c1ccc(C)cc1.CCN(CC)C(=O)c1ccoc1-c1ccc2ccccc2c1.CCN(CC)C(=O)c1ccoc1-c1ccco1.CCN(CC)C(=O)c1ccoc1-c1ccsc1.CCN(CC)C(=O)c1ccoc1C1CC1c1ccccc1. The summed E-state index contributed by atoms with van der Waals surface area (Å²) in [5, 5.41) is 7.26. The van der Waals surface area contributed by atoms with E-state index in [0.29, 0.717) is 170 Å². The van der Waals surface area contributed by atoms with E-state index in [2.05, 4.69) is 48.5 Å². The number of fused-ring (bicyclic) bond motifs is 2. The summed E-state index contributed by atoms with van der Waals surface area (Å²) >= 11 is 1.59. The fourth-order valence-corrected chi connectivity index (χ4v) is 16.5. The van der Waals surface area contributed by atoms with Gasteiger partial charge in [0.25, 0.3) is 41.4 Å². The Balaban J connectivity index is 0.000000153. The molecule has 0 saturated heterocycles. The third-order valence-electron chi connectivity index (χ3n) is 23.8. The first-order chi connectivity index (χ1) is 66.1. The summed E-state index contributed by atoms with van der Waals surface area (Å²) in [6.07, 6.45) is 13.6. The van der Waals surface area contributed by atoms with Crippen LogP contribution < -0.4 is 0 Å². The zero-order valence-corrected chi connectivity index (χ0v) is 81.6. The van der Waals surface area contributed by atoms with Crippen LogP contribution >= 0.6 is 11.3 Å². The van der Waals surface area contributed by atoms with Crippen LogP contribution in [0, 0.1) is 13.8 Å². The molecule has 0 radical (unpaired) electrons. The Bertz CT molecular complexity index is 6180. The molecule has 23 nitrogen and oxygen atoms in total. The molecule has 7 amide bonds. The maximum absolute atomic E-state index is 12.6. The third kappa shape index (κ3) is 25.0. The van der Waals surface area contributed by atoms with Crippen LogP contribution in [0.15, 0.2) is 313 Å². The number of rotatable bonds is 29. The van der Waals surface area contributed by atoms with Gasteiger partial charge in [0.05, 0.1) is 89.0 Å². The van der Waals surface area contributed by atoms with Crippen molar-refractivity contribution in [2.75, 3.05) is 91.6 Å². The summed E-state index contributed by atoms with van der Waals surface area (Å²) in [7, 11) is 0. The average molecular weight is 1860 g/mol. The molecule has 1 aliphatic carbocycles. The minimum atomic E-state index is -0.0378. The van der Waals surface area contributed by atoms with Gasteiger partial charge in [0.2, 0.25) is 0 Å². The van der Waals surface area contributed by atoms with Crippen molar-refractivity contribution in [2.45, 2.75) is 129 Å². The van der Waals surface area contributed by atoms with E-state index in [1.54, 1.807) is 127 Å². The van der Waals surface area contributed by atoms with Gasteiger partial charge >= 0.3 is 0 Å². The van der Waals surface area contributed by atoms with E-state index in [9.17, 15) is 33.6 Å². The highest BCUT2D eigenvalue weighted by Crippen LogP contribution is 2.56. The van der Waals surface area contributed by atoms with Crippen molar-refractivity contribution in [1.29, 1.82) is 0 Å². The monoisotopic (exact) mass is 1860 g/mol. The Labute approximate surface area is 800 Å². The second kappa shape index (κ2) is 50.4. The number of amides is 7. The number of thiophene rings is 1. The average Bonchev–Trinajstić information content (AvgIpc) is 1.60. The molecule has 1 fully saturated rings. The molecule has 710 valence electrons. The van der Waals surface area contributed by atoms with E-state index < -0.39 is 0 Å². The standard InChI is InChI=1S/C19H19NO2.C18H21NO2.C17H17NO3.2C16H19NO2.C13H15NO3.C13H15NO2S/c1-3-20(4-2)19(21)17-11-12-22-18(17)16-10-9-14-7-5-6-8-15(14)13-16;1-3-19(4-2)18(20)14-10-11-21-17(14)16-12-15(16)13-8-6-5-7-9-13;1-3-18(4-2)17(19)13-9-10-20-16(13)15-11-12-7-5-6-8-14(12)21-15;2*1-4-17(5-2)16(18)14-10-11-19-15(14)13-8-6-12(3)7-9-13;1-3-14(4-2)13(15)10-7-9-17-12(10)11-6-5-8-16-11;1-3-14(4-2)13(15)11-5-7-16-12(11)10-6-8-17-9-10/h5-13H,3-4H2,1-2H3;5-11,15-16H,3-4,12H2,1-2H3;5-11H,3-4H2,1-2H3;2*6-11H,4-5H2,1-3H3;2*5-9H,3-4H2,1-2H3. The highest BCUT2D eigenvalue weighted by Gasteiger charge is 2.44. The lowest BCUT2D eigenvalue weighted by Crippen LogP contribution is -2.30. The molecular weight excluding hydrogens is 1730 g/mol. The van der Waals surface area contributed by atoms with Gasteiger partial charge in [0.15, 0.2) is 23.0 Å². The Kier molecular flexibility index (Phi) is 37.8. The highest BCUT2D eigenvalue weighted by molar-refractivity contribution is 7.08. The molecule has 10 aromatic heterocycles. The molecule has 2 unspecified atom stereocenters. The van der Waals surface area contributed by atoms with Crippen molar-refractivity contribution in [3.05, 3.63) is 335 Å². The molecule has 0 aliphatic heterocycles. The van der Waals surface area contributed by atoms with Gasteiger partial charge in [-0.2, -0.15) is 11.3 Å². The fourth-order valence-electron chi connectivity index (χ4n) is 15.9. The molecule has 0 spiro atoms. The Hall–Kier alpha value is -14.7. The fraction of sp³-hybridized carbons (Fsp3) is 0.295. The number of benzene rings is 6. The number of hydrogen-bond acceptors (Lipinski definition) is 17.